The predicted octanol–water partition coefficient (Wildman–Crippen LogP) is 1.18. The van der Waals surface area contributed by atoms with Gasteiger partial charge in [-0.15, -0.1) is 0 Å². The normalized spacial score (nSPS) is 11.5. The summed E-state index contributed by atoms with van der Waals surface area (Å²) in [5, 5.41) is 0. The van der Waals surface area contributed by atoms with Crippen LogP contribution in [-0.2, 0) is 56.8 Å². The third kappa shape index (κ3) is 37.5. The maximum Gasteiger partial charge on any atom is 0.113 e. The first-order valence-electron chi connectivity index (χ1n) is 13.9. The molecule has 0 saturated heterocycles. The van der Waals surface area contributed by atoms with E-state index >= 15 is 0 Å². The molecule has 12 nitrogen and oxygen atoms in total. The molecule has 0 bridgehead atoms. The van der Waals surface area contributed by atoms with Gasteiger partial charge in [0.05, 0.1) is 152 Å². The van der Waals surface area contributed by atoms with Crippen molar-refractivity contribution in [2.45, 2.75) is 6.92 Å². The van der Waals surface area contributed by atoms with Gasteiger partial charge in [0.2, 0.25) is 0 Å². The Kier molecular flexibility index (Phi) is 36.9. The van der Waals surface area contributed by atoms with Crippen molar-refractivity contribution in [2.75, 3.05) is 165 Å². The quantitative estimate of drug-likeness (QED) is 0.0999. The molecular formula is C26H53FO12. The van der Waals surface area contributed by atoms with Gasteiger partial charge in [-0.3, -0.25) is 0 Å². The van der Waals surface area contributed by atoms with Crippen LogP contribution in [0.1, 0.15) is 6.92 Å². The van der Waals surface area contributed by atoms with Crippen molar-refractivity contribution in [1.82, 2.24) is 0 Å². The summed E-state index contributed by atoms with van der Waals surface area (Å²) in [5.74, 6) is 0. The largest absolute Gasteiger partial charge is 0.379 e. The van der Waals surface area contributed by atoms with Crippen LogP contribution in [0.4, 0.5) is 4.39 Å². The van der Waals surface area contributed by atoms with Gasteiger partial charge in [0.25, 0.3) is 0 Å². The second-order valence-electron chi connectivity index (χ2n) is 7.62. The van der Waals surface area contributed by atoms with Gasteiger partial charge in [-0.1, -0.05) is 0 Å². The van der Waals surface area contributed by atoms with E-state index in [0.29, 0.717) is 152 Å². The van der Waals surface area contributed by atoms with E-state index in [-0.39, 0.29) is 6.61 Å². The van der Waals surface area contributed by atoms with E-state index in [9.17, 15) is 4.39 Å². The van der Waals surface area contributed by atoms with E-state index in [1.54, 1.807) is 0 Å². The van der Waals surface area contributed by atoms with Crippen LogP contribution in [-0.4, -0.2) is 165 Å². The van der Waals surface area contributed by atoms with E-state index in [0.717, 1.165) is 0 Å². The zero-order chi connectivity index (χ0) is 28.2. The molecule has 0 aliphatic rings. The summed E-state index contributed by atoms with van der Waals surface area (Å²) in [5.41, 5.74) is 0. The Labute approximate surface area is 233 Å². The molecule has 39 heavy (non-hydrogen) atoms. The first-order chi connectivity index (χ1) is 19.4. The number of hydrogen-bond acceptors (Lipinski definition) is 12. The van der Waals surface area contributed by atoms with Crippen LogP contribution >= 0.6 is 0 Å². The standard InChI is InChI=1S/C26H53FO12/c1-2-28-5-6-30-9-10-32-13-14-34-17-18-36-21-22-38-25-26-39-24-23-37-20-19-35-16-15-33-12-11-31-8-7-29-4-3-27/h2-26H2,1H3. The zero-order valence-corrected chi connectivity index (χ0v) is 24.0. The molecule has 0 amide bonds. The second kappa shape index (κ2) is 37.5. The first-order valence-corrected chi connectivity index (χ1v) is 13.9. The summed E-state index contributed by atoms with van der Waals surface area (Å²) >= 11 is 0. The molecule has 0 fully saturated rings. The minimum Gasteiger partial charge on any atom is -0.379 e. The van der Waals surface area contributed by atoms with Crippen LogP contribution in [0.15, 0.2) is 0 Å². The third-order valence-electron chi connectivity index (χ3n) is 4.52. The Bertz CT molecular complexity index is 390. The van der Waals surface area contributed by atoms with E-state index in [1.807, 2.05) is 6.92 Å². The number of hydrogen-bond donors (Lipinski definition) is 0. The van der Waals surface area contributed by atoms with Crippen molar-refractivity contribution < 1.29 is 61.2 Å². The lowest BCUT2D eigenvalue weighted by atomic mass is 10.6. The highest BCUT2D eigenvalue weighted by Crippen LogP contribution is 1.87. The van der Waals surface area contributed by atoms with Gasteiger partial charge in [-0.2, -0.15) is 0 Å². The van der Waals surface area contributed by atoms with Crippen molar-refractivity contribution in [2.24, 2.45) is 0 Å². The van der Waals surface area contributed by atoms with Crippen LogP contribution < -0.4 is 0 Å². The van der Waals surface area contributed by atoms with Gasteiger partial charge in [0.15, 0.2) is 0 Å². The summed E-state index contributed by atoms with van der Waals surface area (Å²) in [6.07, 6.45) is 0. The van der Waals surface area contributed by atoms with Crippen molar-refractivity contribution >= 4 is 0 Å². The predicted molar refractivity (Wildman–Crippen MR) is 141 cm³/mol. The molecule has 0 unspecified atom stereocenters. The zero-order valence-electron chi connectivity index (χ0n) is 24.0. The van der Waals surface area contributed by atoms with Crippen LogP contribution in [0.3, 0.4) is 0 Å². The van der Waals surface area contributed by atoms with Gasteiger partial charge in [0.1, 0.15) is 6.67 Å². The van der Waals surface area contributed by atoms with E-state index in [1.165, 1.54) is 0 Å². The molecule has 13 heteroatoms. The molecule has 0 aliphatic heterocycles. The SMILES string of the molecule is CCOCCOCCOCCOCCOCCOCCOCCOCCOCCOCCOCCOCCF. The molecular weight excluding hydrogens is 523 g/mol. The van der Waals surface area contributed by atoms with Crippen LogP contribution in [0.2, 0.25) is 0 Å². The first kappa shape index (κ1) is 38.5. The molecule has 0 N–H and O–H groups in total. The molecule has 236 valence electrons. The minimum atomic E-state index is -0.473. The monoisotopic (exact) mass is 576 g/mol. The summed E-state index contributed by atoms with van der Waals surface area (Å²) in [4.78, 5) is 0. The molecule has 0 radical (unpaired) electrons. The number of alkyl halides is 1. The molecule has 0 rings (SSSR count). The Morgan fingerprint density at radius 2 is 0.410 bits per heavy atom. The second-order valence-corrected chi connectivity index (χ2v) is 7.62. The molecule has 0 aliphatic carbocycles. The Morgan fingerprint density at radius 3 is 0.564 bits per heavy atom. The van der Waals surface area contributed by atoms with Gasteiger partial charge in [0, 0.05) is 6.61 Å². The van der Waals surface area contributed by atoms with Crippen LogP contribution in [0.25, 0.3) is 0 Å². The summed E-state index contributed by atoms with van der Waals surface area (Å²) in [6.45, 7) is 13.5. The van der Waals surface area contributed by atoms with E-state index < -0.39 is 6.67 Å². The lowest BCUT2D eigenvalue weighted by Crippen LogP contribution is -2.15. The average Bonchev–Trinajstić information content (AvgIpc) is 2.95. The maximum atomic E-state index is 11.8. The summed E-state index contributed by atoms with van der Waals surface area (Å²) in [6, 6.07) is 0. The van der Waals surface area contributed by atoms with Crippen molar-refractivity contribution in [3.05, 3.63) is 0 Å². The molecule has 0 aromatic rings. The molecule has 0 aromatic carbocycles. The van der Waals surface area contributed by atoms with Gasteiger partial charge in [-0.05, 0) is 6.92 Å². The smallest absolute Gasteiger partial charge is 0.113 e. The lowest BCUT2D eigenvalue weighted by Gasteiger charge is -2.09. The van der Waals surface area contributed by atoms with Crippen LogP contribution in [0.5, 0.6) is 0 Å². The number of rotatable bonds is 36. The average molecular weight is 577 g/mol. The van der Waals surface area contributed by atoms with Crippen molar-refractivity contribution in [1.29, 1.82) is 0 Å². The van der Waals surface area contributed by atoms with Crippen molar-refractivity contribution in [3.63, 3.8) is 0 Å². The highest BCUT2D eigenvalue weighted by molar-refractivity contribution is 4.39. The minimum absolute atomic E-state index is 0.115. The molecule has 0 heterocycles. The van der Waals surface area contributed by atoms with E-state index in [2.05, 4.69) is 0 Å². The lowest BCUT2D eigenvalue weighted by molar-refractivity contribution is -0.0283. The summed E-state index contributed by atoms with van der Waals surface area (Å²) < 4.78 is 76.0. The Morgan fingerprint density at radius 1 is 0.256 bits per heavy atom. The fourth-order valence-electron chi connectivity index (χ4n) is 2.62. The molecule has 0 saturated carbocycles. The summed E-state index contributed by atoms with van der Waals surface area (Å²) in [7, 11) is 0. The van der Waals surface area contributed by atoms with Crippen LogP contribution in [0, 0.1) is 0 Å². The molecule has 0 aromatic heterocycles. The number of ether oxygens (including phenoxy) is 12. The molecule has 0 spiro atoms. The topological polar surface area (TPSA) is 111 Å². The third-order valence-corrected chi connectivity index (χ3v) is 4.52. The maximum absolute atomic E-state index is 11.8. The van der Waals surface area contributed by atoms with Gasteiger partial charge in [-0.25, -0.2) is 4.39 Å². The fraction of sp³-hybridized carbons (Fsp3) is 1.00. The Balaban J connectivity index is 3.01. The van der Waals surface area contributed by atoms with Crippen molar-refractivity contribution in [3.8, 4) is 0 Å². The van der Waals surface area contributed by atoms with Gasteiger partial charge >= 0.3 is 0 Å². The highest BCUT2D eigenvalue weighted by atomic mass is 19.1. The fourth-order valence-corrected chi connectivity index (χ4v) is 2.62. The Hall–Kier alpha value is -0.550. The van der Waals surface area contributed by atoms with E-state index in [4.69, 9.17) is 56.8 Å². The van der Waals surface area contributed by atoms with Gasteiger partial charge < -0.3 is 56.8 Å². The number of halogens is 1. The molecule has 0 atom stereocenters. The highest BCUT2D eigenvalue weighted by Gasteiger charge is 1.96.